The second kappa shape index (κ2) is 7.10. The van der Waals surface area contributed by atoms with Crippen molar-refractivity contribution in [2.75, 3.05) is 23.5 Å². The van der Waals surface area contributed by atoms with Gasteiger partial charge < -0.3 is 0 Å². The Morgan fingerprint density at radius 1 is 1.29 bits per heavy atom. The van der Waals surface area contributed by atoms with Gasteiger partial charge in [0.15, 0.2) is 0 Å². The second-order valence-electron chi connectivity index (χ2n) is 6.94. The summed E-state index contributed by atoms with van der Waals surface area (Å²) in [6, 6.07) is 9.97. The molecule has 0 radical (unpaired) electrons. The van der Waals surface area contributed by atoms with Crippen molar-refractivity contribution in [2.45, 2.75) is 34.5 Å². The van der Waals surface area contributed by atoms with Crippen LogP contribution in [0, 0.1) is 0 Å². The zero-order chi connectivity index (χ0) is 19.3. The number of nitrogens with zero attached hydrogens (tertiary/aromatic N) is 3. The van der Waals surface area contributed by atoms with Crippen molar-refractivity contribution in [3.05, 3.63) is 36.7 Å². The van der Waals surface area contributed by atoms with E-state index in [1.54, 1.807) is 11.8 Å². The Balaban J connectivity index is 1.39. The van der Waals surface area contributed by atoms with Gasteiger partial charge in [-0.1, -0.05) is 6.07 Å². The zero-order valence-corrected chi connectivity index (χ0v) is 16.9. The Kier molecular flexibility index (Phi) is 4.71. The van der Waals surface area contributed by atoms with Crippen molar-refractivity contribution in [3.8, 4) is 0 Å². The molecule has 4 heterocycles. The number of benzene rings is 1. The van der Waals surface area contributed by atoms with Crippen LogP contribution in [-0.2, 0) is 13.8 Å². The van der Waals surface area contributed by atoms with Crippen molar-refractivity contribution in [2.24, 2.45) is 0 Å². The van der Waals surface area contributed by atoms with Gasteiger partial charge in [0, 0.05) is 0 Å². The quantitative estimate of drug-likeness (QED) is 0.364. The molecule has 2 aromatic rings. The first kappa shape index (κ1) is 18.6. The van der Waals surface area contributed by atoms with E-state index in [1.165, 1.54) is 13.9 Å². The summed E-state index contributed by atoms with van der Waals surface area (Å²) in [5.74, 6) is 0.668. The molecular formula is C16H20BN4O5PS. The van der Waals surface area contributed by atoms with E-state index >= 15 is 0 Å². The van der Waals surface area contributed by atoms with Gasteiger partial charge in [0.05, 0.1) is 0 Å². The van der Waals surface area contributed by atoms with Crippen LogP contribution in [0.4, 0.5) is 11.5 Å². The molecule has 3 N–H and O–H groups in total. The molecule has 148 valence electrons. The molecule has 0 saturated carbocycles. The van der Waals surface area contributed by atoms with Gasteiger partial charge in [0.25, 0.3) is 0 Å². The van der Waals surface area contributed by atoms with Crippen molar-refractivity contribution < 1.29 is 23.8 Å². The number of nitrogens with one attached hydrogen (secondary N) is 1. The van der Waals surface area contributed by atoms with Crippen molar-refractivity contribution in [1.29, 1.82) is 0 Å². The molecule has 9 nitrogen and oxygen atoms in total. The molecule has 2 fully saturated rings. The van der Waals surface area contributed by atoms with Crippen LogP contribution in [0.1, 0.15) is 0 Å². The Labute approximate surface area is 167 Å². The van der Waals surface area contributed by atoms with Crippen LogP contribution >= 0.6 is 19.6 Å². The average Bonchev–Trinajstić information content (AvgIpc) is 3.24. The molecule has 4 atom stereocenters. The Morgan fingerprint density at radius 3 is 2.93 bits per heavy atom. The normalized spacial score (nSPS) is 31.7. The maximum atomic E-state index is 10.8. The molecule has 3 unspecified atom stereocenters. The van der Waals surface area contributed by atoms with Gasteiger partial charge >= 0.3 is 161 Å². The van der Waals surface area contributed by atoms with Crippen molar-refractivity contribution in [3.63, 3.8) is 0 Å². The molecule has 0 amide bonds. The van der Waals surface area contributed by atoms with Gasteiger partial charge in [-0.3, -0.25) is 0 Å². The first-order valence-electron chi connectivity index (χ1n) is 8.98. The second-order valence-corrected chi connectivity index (χ2v) is 10.3. The Morgan fingerprint density at radius 2 is 2.11 bits per heavy atom. The predicted octanol–water partition coefficient (Wildman–Crippen LogP) is 0.354. The number of aliphatic hydroxyl groups excluding tert-OH is 1. The number of aromatic nitrogens is 2. The van der Waals surface area contributed by atoms with Crippen molar-refractivity contribution >= 4 is 38.7 Å². The predicted molar refractivity (Wildman–Crippen MR) is 108 cm³/mol. The van der Waals surface area contributed by atoms with E-state index in [1.807, 2.05) is 35.2 Å². The standard InChI is InChI=1S/C16H20BN4O5PS/c17-27(23)24-6-10-13(26-27)12(22)16(25-10)21-8-20-11-14(21)18-7-19-15(11)28-9-4-2-1-3-5-9/h1-5,7,10,12-13,16,20,22-23,27H,6,8,17H2/t10?,12?,13-,16?/m1/s1. The molecule has 3 aliphatic heterocycles. The molecule has 0 aliphatic carbocycles. The number of hydrogen-bond donors (Lipinski definition) is 3. The number of anilines is 2. The number of rotatable bonds is 3. The van der Waals surface area contributed by atoms with Gasteiger partial charge in [-0.2, -0.15) is 0 Å². The fraction of sp³-hybridized carbons (Fsp3) is 0.375. The van der Waals surface area contributed by atoms with Crippen LogP contribution in [-0.4, -0.2) is 65.3 Å². The molecule has 5 rings (SSSR count). The van der Waals surface area contributed by atoms with Crippen LogP contribution in [0.25, 0.3) is 0 Å². The summed E-state index contributed by atoms with van der Waals surface area (Å²) in [6.45, 7) is 0.622. The van der Waals surface area contributed by atoms with E-state index in [4.69, 9.17) is 13.8 Å². The Bertz CT molecular complexity index is 881. The van der Waals surface area contributed by atoms with E-state index in [0.717, 1.165) is 15.6 Å². The fourth-order valence-corrected chi connectivity index (χ4v) is 5.86. The van der Waals surface area contributed by atoms with Gasteiger partial charge in [-0.15, -0.1) is 0 Å². The van der Waals surface area contributed by atoms with Crippen LogP contribution < -0.4 is 10.2 Å². The van der Waals surface area contributed by atoms with E-state index < -0.39 is 32.4 Å². The third kappa shape index (κ3) is 3.27. The molecular weight excluding hydrogens is 402 g/mol. The summed E-state index contributed by atoms with van der Waals surface area (Å²) in [4.78, 5) is 21.8. The summed E-state index contributed by atoms with van der Waals surface area (Å²) in [6.07, 6.45) is -1.13. The number of aliphatic hydroxyl groups is 1. The molecule has 3 aliphatic rings. The Hall–Kier alpha value is -1.46. The zero-order valence-electron chi connectivity index (χ0n) is 15.1. The maximum absolute atomic E-state index is 10.8. The van der Waals surface area contributed by atoms with Crippen molar-refractivity contribution in [1.82, 2.24) is 9.97 Å². The van der Waals surface area contributed by atoms with Gasteiger partial charge in [-0.25, -0.2) is 0 Å². The third-order valence-electron chi connectivity index (χ3n) is 4.94. The fourth-order valence-electron chi connectivity index (χ4n) is 3.64. The molecule has 28 heavy (non-hydrogen) atoms. The SMILES string of the molecule is B[PH]1(O)OCC2OC(N3CNc4c(Sc5ccccc5)ncnc43)C(O)[C@@H]2O1. The van der Waals surface area contributed by atoms with Crippen LogP contribution in [0.15, 0.2) is 46.6 Å². The summed E-state index contributed by atoms with van der Waals surface area (Å²) in [5, 5.41) is 14.9. The molecule has 12 heteroatoms. The van der Waals surface area contributed by atoms with Gasteiger partial charge in [0.1, 0.15) is 0 Å². The van der Waals surface area contributed by atoms with Gasteiger partial charge in [0.2, 0.25) is 0 Å². The van der Waals surface area contributed by atoms with E-state index in [0.29, 0.717) is 12.5 Å². The van der Waals surface area contributed by atoms with E-state index in [9.17, 15) is 10.00 Å². The minimum absolute atomic E-state index is 0.199. The molecule has 0 spiro atoms. The number of hydrogen-bond acceptors (Lipinski definition) is 10. The third-order valence-corrected chi connectivity index (χ3v) is 7.36. The van der Waals surface area contributed by atoms with Crippen LogP contribution in [0.2, 0.25) is 0 Å². The molecule has 2 saturated heterocycles. The number of ether oxygens (including phenoxy) is 1. The molecule has 0 bridgehead atoms. The summed E-state index contributed by atoms with van der Waals surface area (Å²) < 4.78 is 17.0. The van der Waals surface area contributed by atoms with Crippen LogP contribution in [0.3, 0.4) is 0 Å². The van der Waals surface area contributed by atoms with E-state index in [-0.39, 0.29) is 6.61 Å². The molecule has 1 aromatic heterocycles. The summed E-state index contributed by atoms with van der Waals surface area (Å²) in [5.41, 5.74) is 0.806. The first-order chi connectivity index (χ1) is 13.5. The topological polar surface area (TPSA) is 109 Å². The average molecular weight is 422 g/mol. The van der Waals surface area contributed by atoms with E-state index in [2.05, 4.69) is 15.3 Å². The monoisotopic (exact) mass is 422 g/mol. The van der Waals surface area contributed by atoms with Crippen LogP contribution in [0.5, 0.6) is 0 Å². The molecule has 1 aromatic carbocycles. The van der Waals surface area contributed by atoms with Gasteiger partial charge in [-0.05, 0) is 0 Å². The summed E-state index contributed by atoms with van der Waals surface area (Å²) in [7, 11) is -1.68. The first-order valence-corrected chi connectivity index (χ1v) is 12.1. The number of fused-ring (bicyclic) bond motifs is 2. The minimum atomic E-state index is -3.21. The summed E-state index contributed by atoms with van der Waals surface area (Å²) >= 11 is 1.54.